The van der Waals surface area contributed by atoms with Crippen LogP contribution < -0.4 is 4.90 Å². The molecule has 0 fully saturated rings. The molecule has 57 heavy (non-hydrogen) atoms. The molecule has 9 aromatic carbocycles. The van der Waals surface area contributed by atoms with E-state index in [0.29, 0.717) is 6.54 Å². The highest BCUT2D eigenvalue weighted by molar-refractivity contribution is 6.05. The minimum atomic E-state index is -0.216. The molecule has 0 spiro atoms. The highest BCUT2D eigenvalue weighted by atomic mass is 15.1. The number of nitrogens with zero attached hydrogens (tertiary/aromatic N) is 1. The van der Waals surface area contributed by atoms with Gasteiger partial charge in [-0.3, -0.25) is 0 Å². The van der Waals surface area contributed by atoms with E-state index >= 15 is 0 Å². The lowest BCUT2D eigenvalue weighted by Crippen LogP contribution is -2.19. The van der Waals surface area contributed by atoms with Crippen LogP contribution >= 0.6 is 0 Å². The first-order valence-corrected chi connectivity index (χ1v) is 20.0. The van der Waals surface area contributed by atoms with Crippen LogP contribution in [0.2, 0.25) is 0 Å². The first-order valence-electron chi connectivity index (χ1n) is 20.0. The number of hydrogen-bond acceptors (Lipinski definition) is 1. The van der Waals surface area contributed by atoms with Gasteiger partial charge < -0.3 is 4.90 Å². The Morgan fingerprint density at radius 2 is 0.877 bits per heavy atom. The van der Waals surface area contributed by atoms with Crippen LogP contribution in [0.5, 0.6) is 0 Å². The van der Waals surface area contributed by atoms with Crippen molar-refractivity contribution in [3.05, 3.63) is 229 Å². The largest absolute Gasteiger partial charge is 0.337 e. The second-order valence-corrected chi connectivity index (χ2v) is 15.7. The summed E-state index contributed by atoms with van der Waals surface area (Å²) in [5.41, 5.74) is 18.7. The third-order valence-electron chi connectivity index (χ3n) is 12.0. The van der Waals surface area contributed by atoms with E-state index in [-0.39, 0.29) is 5.41 Å². The summed E-state index contributed by atoms with van der Waals surface area (Å²) in [6.07, 6.45) is 0. The van der Waals surface area contributed by atoms with Gasteiger partial charge in [0.1, 0.15) is 0 Å². The first-order chi connectivity index (χ1) is 28.0. The summed E-state index contributed by atoms with van der Waals surface area (Å²) in [4.78, 5) is 2.50. The maximum atomic E-state index is 2.50. The summed E-state index contributed by atoms with van der Waals surface area (Å²) in [6, 6.07) is 77.7. The summed E-state index contributed by atoms with van der Waals surface area (Å²) in [5.74, 6) is 0. The summed E-state index contributed by atoms with van der Waals surface area (Å²) >= 11 is 0. The van der Waals surface area contributed by atoms with E-state index in [4.69, 9.17) is 0 Å². The van der Waals surface area contributed by atoms with Gasteiger partial charge in [0, 0.05) is 23.3 Å². The fraction of sp³-hybridized carbons (Fsp3) is 0.0714. The van der Waals surface area contributed by atoms with Crippen molar-refractivity contribution in [2.75, 3.05) is 4.90 Å². The molecule has 0 aromatic heterocycles. The normalized spacial score (nSPS) is 12.6. The SMILES string of the molecule is CC1(C)c2cc(N(Cc3ccccc3-c3ccc(-c4ccccc4)cc3)c3ccc(-c4ccccc4)cc3)ccc2-c2c(-c3ccccc3)cc3ccccc3c21. The fourth-order valence-electron chi connectivity index (χ4n) is 9.07. The van der Waals surface area contributed by atoms with Gasteiger partial charge in [-0.1, -0.05) is 196 Å². The molecular weight excluding hydrogens is 687 g/mol. The number of rotatable bonds is 8. The monoisotopic (exact) mass is 729 g/mol. The van der Waals surface area contributed by atoms with Crippen molar-refractivity contribution in [2.45, 2.75) is 25.8 Å². The number of benzene rings is 9. The predicted molar refractivity (Wildman–Crippen MR) is 242 cm³/mol. The highest BCUT2D eigenvalue weighted by Crippen LogP contribution is 2.56. The minimum Gasteiger partial charge on any atom is -0.337 e. The molecule has 10 rings (SSSR count). The summed E-state index contributed by atoms with van der Waals surface area (Å²) in [7, 11) is 0. The molecule has 1 nitrogen and oxygen atoms in total. The minimum absolute atomic E-state index is 0.216. The highest BCUT2D eigenvalue weighted by Gasteiger charge is 2.39. The molecule has 0 heterocycles. The predicted octanol–water partition coefficient (Wildman–Crippen LogP) is 15.2. The zero-order chi connectivity index (χ0) is 38.3. The van der Waals surface area contributed by atoms with Crippen LogP contribution in [0.25, 0.3) is 66.4 Å². The average molecular weight is 730 g/mol. The molecular formula is C56H43N. The first kappa shape index (κ1) is 34.5. The third kappa shape index (κ3) is 6.22. The molecule has 1 heteroatoms. The zero-order valence-electron chi connectivity index (χ0n) is 32.4. The molecule has 0 atom stereocenters. The molecule has 9 aromatic rings. The van der Waals surface area contributed by atoms with Crippen molar-refractivity contribution >= 4 is 22.1 Å². The van der Waals surface area contributed by atoms with E-state index in [1.165, 1.54) is 88.8 Å². The van der Waals surface area contributed by atoms with Crippen molar-refractivity contribution in [1.82, 2.24) is 0 Å². The molecule has 1 aliphatic rings. The van der Waals surface area contributed by atoms with Crippen LogP contribution in [0.3, 0.4) is 0 Å². The van der Waals surface area contributed by atoms with Gasteiger partial charge in [-0.25, -0.2) is 0 Å². The van der Waals surface area contributed by atoms with Crippen LogP contribution in [-0.4, -0.2) is 0 Å². The Bertz CT molecular complexity index is 2850. The Hall–Kier alpha value is -6.96. The van der Waals surface area contributed by atoms with Crippen LogP contribution in [0.4, 0.5) is 11.4 Å². The number of hydrogen-bond donors (Lipinski definition) is 0. The Morgan fingerprint density at radius 3 is 1.54 bits per heavy atom. The van der Waals surface area contributed by atoms with Gasteiger partial charge >= 0.3 is 0 Å². The van der Waals surface area contributed by atoms with Crippen LogP contribution in [0.15, 0.2) is 212 Å². The summed E-state index contributed by atoms with van der Waals surface area (Å²) in [5, 5.41) is 2.61. The molecule has 0 N–H and O–H groups in total. The Balaban J connectivity index is 1.10. The van der Waals surface area contributed by atoms with Crippen LogP contribution in [-0.2, 0) is 12.0 Å². The molecule has 0 unspecified atom stereocenters. The van der Waals surface area contributed by atoms with Gasteiger partial charge in [0.15, 0.2) is 0 Å². The van der Waals surface area contributed by atoms with Gasteiger partial charge in [0.25, 0.3) is 0 Å². The molecule has 0 saturated carbocycles. The molecule has 272 valence electrons. The molecule has 0 radical (unpaired) electrons. The lowest BCUT2D eigenvalue weighted by atomic mass is 9.79. The Kier molecular flexibility index (Phi) is 8.65. The fourth-order valence-corrected chi connectivity index (χ4v) is 9.07. The lowest BCUT2D eigenvalue weighted by molar-refractivity contribution is 0.666. The average Bonchev–Trinajstić information content (AvgIpc) is 3.52. The standard InChI is InChI=1S/C56H43N/c1-56(2)53-37-48(34-35-51(53)54-52(43-20-10-5-11-21-43)36-45-22-12-15-25-50(45)55(54)56)57(47-32-30-42(31-33-47)40-18-8-4-9-19-40)38-46-23-13-14-24-49(46)44-28-26-41(27-29-44)39-16-6-3-7-17-39/h3-37H,38H2,1-2H3. The Labute approximate surface area is 336 Å². The van der Waals surface area contributed by atoms with Gasteiger partial charge in [-0.15, -0.1) is 0 Å². The van der Waals surface area contributed by atoms with E-state index in [1.807, 2.05) is 0 Å². The van der Waals surface area contributed by atoms with Crippen LogP contribution in [0, 0.1) is 0 Å². The van der Waals surface area contributed by atoms with E-state index < -0.39 is 0 Å². The summed E-state index contributed by atoms with van der Waals surface area (Å²) in [6.45, 7) is 5.54. The zero-order valence-corrected chi connectivity index (χ0v) is 32.4. The number of fused-ring (bicyclic) bond motifs is 5. The smallest absolute Gasteiger partial charge is 0.0487 e. The van der Waals surface area contributed by atoms with Crippen molar-refractivity contribution in [3.8, 4) is 55.6 Å². The van der Waals surface area contributed by atoms with Crippen molar-refractivity contribution < 1.29 is 0 Å². The van der Waals surface area contributed by atoms with E-state index in [9.17, 15) is 0 Å². The molecule has 0 bridgehead atoms. The topological polar surface area (TPSA) is 3.24 Å². The van der Waals surface area contributed by atoms with Gasteiger partial charge in [0.2, 0.25) is 0 Å². The summed E-state index contributed by atoms with van der Waals surface area (Å²) < 4.78 is 0. The number of anilines is 2. The van der Waals surface area contributed by atoms with Crippen molar-refractivity contribution in [1.29, 1.82) is 0 Å². The second kappa shape index (κ2) is 14.3. The molecule has 0 saturated heterocycles. The molecule has 1 aliphatic carbocycles. The maximum Gasteiger partial charge on any atom is 0.0487 e. The quantitative estimate of drug-likeness (QED) is 0.151. The third-order valence-corrected chi connectivity index (χ3v) is 12.0. The van der Waals surface area contributed by atoms with Crippen LogP contribution in [0.1, 0.15) is 30.5 Å². The van der Waals surface area contributed by atoms with Crippen molar-refractivity contribution in [2.24, 2.45) is 0 Å². The Morgan fingerprint density at radius 1 is 0.386 bits per heavy atom. The van der Waals surface area contributed by atoms with Gasteiger partial charge in [0.05, 0.1) is 0 Å². The van der Waals surface area contributed by atoms with Crippen molar-refractivity contribution in [3.63, 3.8) is 0 Å². The molecule has 0 amide bonds. The second-order valence-electron chi connectivity index (χ2n) is 15.7. The van der Waals surface area contributed by atoms with E-state index in [1.54, 1.807) is 0 Å². The van der Waals surface area contributed by atoms with Gasteiger partial charge in [-0.05, 0) is 113 Å². The van der Waals surface area contributed by atoms with Gasteiger partial charge in [-0.2, -0.15) is 0 Å². The van der Waals surface area contributed by atoms with E-state index in [0.717, 1.165) is 5.69 Å². The van der Waals surface area contributed by atoms with E-state index in [2.05, 4.69) is 231 Å². The maximum absolute atomic E-state index is 2.50. The lowest BCUT2D eigenvalue weighted by Gasteiger charge is -2.29. The molecule has 0 aliphatic heterocycles.